The van der Waals surface area contributed by atoms with Gasteiger partial charge in [-0.05, 0) is 24.4 Å². The van der Waals surface area contributed by atoms with Crippen LogP contribution in [0.4, 0.5) is 0 Å². The number of rotatable bonds is 1. The van der Waals surface area contributed by atoms with Crippen molar-refractivity contribution in [2.24, 2.45) is 0 Å². The number of thiocarbonyl (C=S) groups is 1. The zero-order valence-electron chi connectivity index (χ0n) is 6.52. The molecule has 1 fully saturated rings. The van der Waals surface area contributed by atoms with Crippen LogP contribution in [-0.4, -0.2) is 16.0 Å². The summed E-state index contributed by atoms with van der Waals surface area (Å²) in [6.45, 7) is 0. The summed E-state index contributed by atoms with van der Waals surface area (Å²) in [4.78, 5) is 0. The molecule has 1 aromatic heterocycles. The average Bonchev–Trinajstić information content (AvgIpc) is 2.49. The van der Waals surface area contributed by atoms with E-state index in [0.717, 1.165) is 5.76 Å². The molecule has 1 aliphatic rings. The van der Waals surface area contributed by atoms with Crippen LogP contribution in [-0.2, 0) is 0 Å². The van der Waals surface area contributed by atoms with Gasteiger partial charge < -0.3 is 4.42 Å². The van der Waals surface area contributed by atoms with Gasteiger partial charge in [-0.3, -0.25) is 0 Å². The lowest BCUT2D eigenvalue weighted by molar-refractivity contribution is -0.714. The summed E-state index contributed by atoms with van der Waals surface area (Å²) in [7, 11) is 1.96. The SMILES string of the molecule is C[N+]1(C(=S)S)NC1c1ccco1. The van der Waals surface area contributed by atoms with E-state index in [4.69, 9.17) is 16.6 Å². The monoisotopic (exact) mass is 201 g/mol. The Kier molecular flexibility index (Phi) is 1.76. The van der Waals surface area contributed by atoms with E-state index in [1.807, 2.05) is 19.2 Å². The highest BCUT2D eigenvalue weighted by molar-refractivity contribution is 8.10. The molecule has 1 N–H and O–H groups in total. The third kappa shape index (κ3) is 1.09. The Labute approximate surface area is 81.3 Å². The predicted octanol–water partition coefficient (Wildman–Crippen LogP) is 1.46. The lowest BCUT2D eigenvalue weighted by atomic mass is 10.4. The molecule has 0 aromatic carbocycles. The summed E-state index contributed by atoms with van der Waals surface area (Å²) >= 11 is 9.11. The molecule has 12 heavy (non-hydrogen) atoms. The molecule has 64 valence electrons. The van der Waals surface area contributed by atoms with Gasteiger partial charge in [0.1, 0.15) is 0 Å². The molecule has 5 heteroatoms. The van der Waals surface area contributed by atoms with Gasteiger partial charge in [-0.15, -0.1) is 0 Å². The van der Waals surface area contributed by atoms with Gasteiger partial charge in [-0.1, -0.05) is 18.1 Å². The molecule has 0 amide bonds. The first-order valence-electron chi connectivity index (χ1n) is 3.55. The number of nitrogens with zero attached hydrogens (tertiary/aromatic N) is 1. The Hall–Kier alpha value is -0.360. The quantitative estimate of drug-likeness (QED) is 0.312. The molecule has 1 aromatic rings. The van der Waals surface area contributed by atoms with Gasteiger partial charge >= 0.3 is 0 Å². The van der Waals surface area contributed by atoms with E-state index in [2.05, 4.69) is 18.1 Å². The van der Waals surface area contributed by atoms with Gasteiger partial charge in [0, 0.05) is 0 Å². The Morgan fingerprint density at radius 2 is 2.58 bits per heavy atom. The second-order valence-corrected chi connectivity index (χ2v) is 4.02. The molecule has 3 nitrogen and oxygen atoms in total. The molecule has 2 rings (SSSR count). The van der Waals surface area contributed by atoms with Crippen LogP contribution in [0.2, 0.25) is 0 Å². The topological polar surface area (TPSA) is 35.1 Å². The lowest BCUT2D eigenvalue weighted by Crippen LogP contribution is -2.26. The summed E-state index contributed by atoms with van der Waals surface area (Å²) < 4.78 is 6.33. The fraction of sp³-hybridized carbons (Fsp3) is 0.286. The summed E-state index contributed by atoms with van der Waals surface area (Å²) in [5.41, 5.74) is 3.17. The first-order valence-corrected chi connectivity index (χ1v) is 4.41. The second-order valence-electron chi connectivity index (χ2n) is 2.91. The minimum absolute atomic E-state index is 0.144. The van der Waals surface area contributed by atoms with E-state index >= 15 is 0 Å². The molecule has 0 spiro atoms. The maximum absolute atomic E-state index is 5.23. The van der Waals surface area contributed by atoms with Gasteiger partial charge in [-0.2, -0.15) is 4.59 Å². The summed E-state index contributed by atoms with van der Waals surface area (Å²) in [5.74, 6) is 0.897. The van der Waals surface area contributed by atoms with Crippen LogP contribution in [0.3, 0.4) is 0 Å². The fourth-order valence-electron chi connectivity index (χ4n) is 1.15. The van der Waals surface area contributed by atoms with Crippen LogP contribution in [0.25, 0.3) is 0 Å². The summed E-state index contributed by atoms with van der Waals surface area (Å²) in [6.07, 6.45) is 1.80. The Morgan fingerprint density at radius 3 is 3.00 bits per heavy atom. The fourth-order valence-corrected chi connectivity index (χ4v) is 1.48. The first-order chi connectivity index (χ1) is 5.64. The molecule has 0 aliphatic carbocycles. The second kappa shape index (κ2) is 2.56. The van der Waals surface area contributed by atoms with Crippen LogP contribution in [0.5, 0.6) is 0 Å². The summed E-state index contributed by atoms with van der Waals surface area (Å²) in [5, 5.41) is 0. The van der Waals surface area contributed by atoms with Gasteiger partial charge in [-0.25, -0.2) is 0 Å². The minimum Gasteiger partial charge on any atom is -0.461 e. The summed E-state index contributed by atoms with van der Waals surface area (Å²) in [6, 6.07) is 3.79. The zero-order valence-corrected chi connectivity index (χ0v) is 8.23. The maximum Gasteiger partial charge on any atom is 0.267 e. The van der Waals surface area contributed by atoms with Gasteiger partial charge in [0.15, 0.2) is 5.76 Å². The highest BCUT2D eigenvalue weighted by Crippen LogP contribution is 2.37. The van der Waals surface area contributed by atoms with Crippen molar-refractivity contribution in [1.82, 2.24) is 5.43 Å². The smallest absolute Gasteiger partial charge is 0.267 e. The van der Waals surface area contributed by atoms with Crippen molar-refractivity contribution in [1.29, 1.82) is 0 Å². The van der Waals surface area contributed by atoms with Crippen molar-refractivity contribution < 1.29 is 9.01 Å². The Balaban J connectivity index is 2.19. The van der Waals surface area contributed by atoms with Crippen molar-refractivity contribution in [2.45, 2.75) is 6.17 Å². The number of furan rings is 1. The number of quaternary nitrogens is 1. The number of hydrogen-bond donors (Lipinski definition) is 2. The minimum atomic E-state index is 0.144. The lowest BCUT2D eigenvalue weighted by Gasteiger charge is -2.03. The van der Waals surface area contributed by atoms with Crippen LogP contribution < -0.4 is 5.43 Å². The number of hydrogen-bond acceptors (Lipinski definition) is 3. The van der Waals surface area contributed by atoms with Crippen LogP contribution >= 0.6 is 24.8 Å². The van der Waals surface area contributed by atoms with E-state index in [1.165, 1.54) is 0 Å². The third-order valence-corrected chi connectivity index (χ3v) is 2.84. The van der Waals surface area contributed by atoms with E-state index in [9.17, 15) is 0 Å². The number of nitrogens with one attached hydrogen (secondary N) is 1. The van der Waals surface area contributed by atoms with Crippen molar-refractivity contribution in [2.75, 3.05) is 7.05 Å². The van der Waals surface area contributed by atoms with Crippen molar-refractivity contribution in [3.8, 4) is 0 Å². The van der Waals surface area contributed by atoms with Crippen molar-refractivity contribution >= 4 is 29.2 Å². The molecule has 1 aliphatic heterocycles. The van der Waals surface area contributed by atoms with Gasteiger partial charge in [0.2, 0.25) is 0 Å². The zero-order chi connectivity index (χ0) is 8.77. The molecule has 2 atom stereocenters. The Morgan fingerprint density at radius 1 is 1.83 bits per heavy atom. The van der Waals surface area contributed by atoms with E-state index in [1.54, 1.807) is 6.26 Å². The van der Waals surface area contributed by atoms with Crippen molar-refractivity contribution in [3.63, 3.8) is 0 Å². The highest BCUT2D eigenvalue weighted by Gasteiger charge is 2.57. The van der Waals surface area contributed by atoms with E-state index in [0.29, 0.717) is 8.91 Å². The van der Waals surface area contributed by atoms with Gasteiger partial charge in [0.25, 0.3) is 10.5 Å². The highest BCUT2D eigenvalue weighted by atomic mass is 32.1. The van der Waals surface area contributed by atoms with Crippen molar-refractivity contribution in [3.05, 3.63) is 24.2 Å². The van der Waals surface area contributed by atoms with E-state index < -0.39 is 0 Å². The number of thiol groups is 1. The normalized spacial score (nSPS) is 33.3. The van der Waals surface area contributed by atoms with Gasteiger partial charge in [0.05, 0.1) is 13.3 Å². The first kappa shape index (κ1) is 8.25. The molecule has 0 bridgehead atoms. The average molecular weight is 201 g/mol. The van der Waals surface area contributed by atoms with Crippen LogP contribution in [0.15, 0.2) is 22.8 Å². The maximum atomic E-state index is 5.23. The molecular formula is C7H9N2OS2+. The Bertz CT molecular complexity index is 311. The molecule has 1 saturated heterocycles. The van der Waals surface area contributed by atoms with E-state index in [-0.39, 0.29) is 6.17 Å². The van der Waals surface area contributed by atoms with Crippen LogP contribution in [0, 0.1) is 0 Å². The largest absolute Gasteiger partial charge is 0.461 e. The molecular weight excluding hydrogens is 192 g/mol. The standard InChI is InChI=1S/C7H8N2OS2/c1-9(7(11)12)6(8-9)5-3-2-4-10-5/h2-4,6,8H,1H3/p+1. The molecule has 0 radical (unpaired) electrons. The predicted molar refractivity (Wildman–Crippen MR) is 52.4 cm³/mol. The molecule has 0 saturated carbocycles. The van der Waals surface area contributed by atoms with Crippen LogP contribution in [0.1, 0.15) is 11.9 Å². The third-order valence-electron chi connectivity index (χ3n) is 2.05. The molecule has 2 unspecified atom stereocenters. The molecule has 2 heterocycles.